The van der Waals surface area contributed by atoms with E-state index in [9.17, 15) is 9.59 Å². The van der Waals surface area contributed by atoms with Crippen LogP contribution in [-0.4, -0.2) is 53.2 Å². The molecule has 2 N–H and O–H groups in total. The lowest BCUT2D eigenvalue weighted by Crippen LogP contribution is -2.45. The fraction of sp³-hybridized carbons (Fsp3) is 0.550. The molecule has 2 saturated heterocycles. The highest BCUT2D eigenvalue weighted by Crippen LogP contribution is 2.31. The summed E-state index contributed by atoms with van der Waals surface area (Å²) in [4.78, 5) is 25.7. The molecule has 1 aromatic carbocycles. The highest BCUT2D eigenvalue weighted by molar-refractivity contribution is 5.95. The van der Waals surface area contributed by atoms with Gasteiger partial charge in [-0.05, 0) is 51.8 Å². The zero-order chi connectivity index (χ0) is 18.8. The van der Waals surface area contributed by atoms with E-state index in [1.807, 2.05) is 23.1 Å². The molecule has 2 aliphatic rings. The van der Waals surface area contributed by atoms with E-state index >= 15 is 0 Å². The largest absolute Gasteiger partial charge is 0.342 e. The maximum atomic E-state index is 12.8. The van der Waals surface area contributed by atoms with Crippen LogP contribution in [0.1, 0.15) is 37.4 Å². The average Bonchev–Trinajstić information content (AvgIpc) is 3.06. The van der Waals surface area contributed by atoms with Crippen molar-refractivity contribution in [2.75, 3.05) is 31.5 Å². The number of aryl methyl sites for hydroxylation is 1. The first-order chi connectivity index (χ1) is 13.2. The van der Waals surface area contributed by atoms with Gasteiger partial charge < -0.3 is 15.5 Å². The molecular weight excluding hydrogens is 342 g/mol. The van der Waals surface area contributed by atoms with Gasteiger partial charge in [-0.15, -0.1) is 0 Å². The van der Waals surface area contributed by atoms with Gasteiger partial charge in [0.25, 0.3) is 0 Å². The molecule has 2 aliphatic heterocycles. The number of nitrogens with zero attached hydrogens (tertiary/aromatic N) is 3. The van der Waals surface area contributed by atoms with Crippen molar-refractivity contribution in [1.29, 1.82) is 0 Å². The van der Waals surface area contributed by atoms with Crippen molar-refractivity contribution in [3.8, 4) is 0 Å². The van der Waals surface area contributed by atoms with Crippen LogP contribution in [0.15, 0.2) is 18.2 Å². The van der Waals surface area contributed by atoms with E-state index in [0.29, 0.717) is 18.4 Å². The standard InChI is InChI=1S/C20H27N5O2/c1-14-17-3-2-4-18(22-13-26)19(17)23-25(14)16-7-11-24(12-8-16)20(27)15-5-9-21-10-6-15/h2-4,13,15-16,21H,5-12H2,1H3,(H,22,26). The quantitative estimate of drug-likeness (QED) is 0.809. The van der Waals surface area contributed by atoms with E-state index in [1.54, 1.807) is 0 Å². The van der Waals surface area contributed by atoms with E-state index in [4.69, 9.17) is 5.10 Å². The normalized spacial score (nSPS) is 19.4. The lowest BCUT2D eigenvalue weighted by atomic mass is 9.95. The predicted molar refractivity (Wildman–Crippen MR) is 105 cm³/mol. The molecular formula is C20H27N5O2. The summed E-state index contributed by atoms with van der Waals surface area (Å²) < 4.78 is 2.09. The third-order valence-electron chi connectivity index (χ3n) is 6.00. The van der Waals surface area contributed by atoms with Crippen LogP contribution in [0.3, 0.4) is 0 Å². The van der Waals surface area contributed by atoms with Crippen LogP contribution in [0, 0.1) is 12.8 Å². The van der Waals surface area contributed by atoms with Gasteiger partial charge in [0, 0.05) is 30.1 Å². The topological polar surface area (TPSA) is 79.3 Å². The van der Waals surface area contributed by atoms with Crippen LogP contribution in [0.25, 0.3) is 10.9 Å². The first-order valence-electron chi connectivity index (χ1n) is 9.86. The number of piperidine rings is 2. The molecule has 0 atom stereocenters. The summed E-state index contributed by atoms with van der Waals surface area (Å²) >= 11 is 0. The number of aromatic nitrogens is 2. The van der Waals surface area contributed by atoms with Crippen molar-refractivity contribution in [3.63, 3.8) is 0 Å². The fourth-order valence-electron chi connectivity index (χ4n) is 4.44. The molecule has 0 bridgehead atoms. The fourth-order valence-corrected chi connectivity index (χ4v) is 4.44. The number of fused-ring (bicyclic) bond motifs is 1. The lowest BCUT2D eigenvalue weighted by molar-refractivity contribution is -0.137. The van der Waals surface area contributed by atoms with Crippen LogP contribution in [-0.2, 0) is 9.59 Å². The molecule has 2 aromatic rings. The Kier molecular flexibility index (Phi) is 5.11. The van der Waals surface area contributed by atoms with Crippen molar-refractivity contribution < 1.29 is 9.59 Å². The van der Waals surface area contributed by atoms with Crippen LogP contribution in [0.5, 0.6) is 0 Å². The Bertz CT molecular complexity index is 832. The second-order valence-electron chi connectivity index (χ2n) is 7.57. The zero-order valence-electron chi connectivity index (χ0n) is 15.8. The number of amides is 2. The molecule has 4 rings (SSSR count). The number of nitrogens with one attached hydrogen (secondary N) is 2. The van der Waals surface area contributed by atoms with E-state index in [1.165, 1.54) is 0 Å². The van der Waals surface area contributed by atoms with Gasteiger partial charge in [-0.25, -0.2) is 0 Å². The molecule has 0 aliphatic carbocycles. The Morgan fingerprint density at radius 2 is 1.96 bits per heavy atom. The minimum absolute atomic E-state index is 0.189. The zero-order valence-corrected chi connectivity index (χ0v) is 15.8. The van der Waals surface area contributed by atoms with Crippen molar-refractivity contribution >= 4 is 28.9 Å². The van der Waals surface area contributed by atoms with Gasteiger partial charge in [0.1, 0.15) is 5.52 Å². The Morgan fingerprint density at radius 1 is 1.22 bits per heavy atom. The van der Waals surface area contributed by atoms with E-state index in [2.05, 4.69) is 22.2 Å². The molecule has 0 radical (unpaired) electrons. The highest BCUT2D eigenvalue weighted by Gasteiger charge is 2.30. The summed E-state index contributed by atoms with van der Waals surface area (Å²) in [6, 6.07) is 6.14. The van der Waals surface area contributed by atoms with Gasteiger partial charge in [0.05, 0.1) is 11.7 Å². The Morgan fingerprint density at radius 3 is 2.67 bits per heavy atom. The second-order valence-corrected chi connectivity index (χ2v) is 7.57. The molecule has 1 aromatic heterocycles. The Hall–Kier alpha value is -2.41. The number of carbonyl (C=O) groups is 2. The minimum Gasteiger partial charge on any atom is -0.342 e. The molecule has 0 spiro atoms. The molecule has 3 heterocycles. The summed E-state index contributed by atoms with van der Waals surface area (Å²) in [7, 11) is 0. The number of hydrogen-bond donors (Lipinski definition) is 2. The van der Waals surface area contributed by atoms with Crippen LogP contribution < -0.4 is 10.6 Å². The maximum Gasteiger partial charge on any atom is 0.225 e. The first-order valence-corrected chi connectivity index (χ1v) is 9.86. The second kappa shape index (κ2) is 7.68. The smallest absolute Gasteiger partial charge is 0.225 e. The number of carbonyl (C=O) groups excluding carboxylic acids is 2. The van der Waals surface area contributed by atoms with Gasteiger partial charge >= 0.3 is 0 Å². The monoisotopic (exact) mass is 369 g/mol. The Balaban J connectivity index is 1.48. The van der Waals surface area contributed by atoms with Crippen LogP contribution in [0.4, 0.5) is 5.69 Å². The SMILES string of the molecule is Cc1c2cccc(NC=O)c2nn1C1CCN(C(=O)C2CCNCC2)CC1. The highest BCUT2D eigenvalue weighted by atomic mass is 16.2. The lowest BCUT2D eigenvalue weighted by Gasteiger charge is -2.35. The number of anilines is 1. The van der Waals surface area contributed by atoms with Crippen LogP contribution >= 0.6 is 0 Å². The van der Waals surface area contributed by atoms with Gasteiger partial charge in [-0.3, -0.25) is 14.3 Å². The number of benzene rings is 1. The molecule has 7 nitrogen and oxygen atoms in total. The number of likely N-dealkylation sites (tertiary alicyclic amines) is 1. The third kappa shape index (κ3) is 3.43. The van der Waals surface area contributed by atoms with E-state index < -0.39 is 0 Å². The molecule has 0 saturated carbocycles. The molecule has 7 heteroatoms. The van der Waals surface area contributed by atoms with Gasteiger partial charge in [0.2, 0.25) is 12.3 Å². The molecule has 0 unspecified atom stereocenters. The summed E-state index contributed by atoms with van der Waals surface area (Å²) in [6.07, 6.45) is 4.43. The first kappa shape index (κ1) is 18.0. The van der Waals surface area contributed by atoms with Gasteiger partial charge in [-0.2, -0.15) is 5.10 Å². The molecule has 2 amide bonds. The summed E-state index contributed by atoms with van der Waals surface area (Å²) in [5, 5.41) is 11.9. The van der Waals surface area contributed by atoms with Gasteiger partial charge in [-0.1, -0.05) is 12.1 Å². The maximum absolute atomic E-state index is 12.8. The number of hydrogen-bond acceptors (Lipinski definition) is 4. The van der Waals surface area contributed by atoms with E-state index in [0.717, 1.165) is 74.1 Å². The number of rotatable bonds is 4. The van der Waals surface area contributed by atoms with Gasteiger partial charge in [0.15, 0.2) is 0 Å². The average molecular weight is 369 g/mol. The minimum atomic E-state index is 0.189. The summed E-state index contributed by atoms with van der Waals surface area (Å²) in [5.41, 5.74) is 2.68. The molecule has 27 heavy (non-hydrogen) atoms. The van der Waals surface area contributed by atoms with Crippen molar-refractivity contribution in [2.45, 2.75) is 38.6 Å². The molecule has 2 fully saturated rings. The van der Waals surface area contributed by atoms with Crippen LogP contribution in [0.2, 0.25) is 0 Å². The predicted octanol–water partition coefficient (Wildman–Crippen LogP) is 2.08. The summed E-state index contributed by atoms with van der Waals surface area (Å²) in [5.74, 6) is 0.517. The Labute approximate surface area is 159 Å². The van der Waals surface area contributed by atoms with E-state index in [-0.39, 0.29) is 5.92 Å². The van der Waals surface area contributed by atoms with Crippen molar-refractivity contribution in [2.24, 2.45) is 5.92 Å². The van der Waals surface area contributed by atoms with Crippen molar-refractivity contribution in [1.82, 2.24) is 20.0 Å². The summed E-state index contributed by atoms with van der Waals surface area (Å²) in [6.45, 7) is 5.56. The third-order valence-corrected chi connectivity index (χ3v) is 6.00. The molecule has 144 valence electrons. The van der Waals surface area contributed by atoms with Crippen molar-refractivity contribution in [3.05, 3.63) is 23.9 Å².